The molecule has 0 unspecified atom stereocenters. The van der Waals surface area contributed by atoms with Crippen LogP contribution in [0.4, 0.5) is 0 Å². The van der Waals surface area contributed by atoms with Gasteiger partial charge in [-0.2, -0.15) is 5.26 Å². The molecule has 1 fully saturated rings. The lowest BCUT2D eigenvalue weighted by Gasteiger charge is -2.31. The van der Waals surface area contributed by atoms with E-state index in [1.165, 1.54) is 11.8 Å². The van der Waals surface area contributed by atoms with Crippen molar-refractivity contribution in [2.45, 2.75) is 42.9 Å². The number of carbonyl (C=O) groups is 1. The minimum absolute atomic E-state index is 0.153. The largest absolute Gasteiger partial charge is 0.411 e. The number of nitrogens with zero attached hydrogens (tertiary/aromatic N) is 3. The van der Waals surface area contributed by atoms with Crippen molar-refractivity contribution in [1.82, 2.24) is 15.5 Å². The van der Waals surface area contributed by atoms with Crippen LogP contribution in [0.1, 0.15) is 32.1 Å². The number of benzene rings is 1. The number of hydrogen-bond acceptors (Lipinski definition) is 6. The first-order valence-corrected chi connectivity index (χ1v) is 8.93. The van der Waals surface area contributed by atoms with Crippen molar-refractivity contribution >= 4 is 17.7 Å². The minimum atomic E-state index is -0.708. The quantitative estimate of drug-likeness (QED) is 0.839. The summed E-state index contributed by atoms with van der Waals surface area (Å²) in [4.78, 5) is 12.2. The highest BCUT2D eigenvalue weighted by Gasteiger charge is 2.33. The summed E-state index contributed by atoms with van der Waals surface area (Å²) in [6, 6.07) is 11.7. The summed E-state index contributed by atoms with van der Waals surface area (Å²) < 4.78 is 5.56. The van der Waals surface area contributed by atoms with E-state index in [4.69, 9.17) is 4.42 Å². The van der Waals surface area contributed by atoms with Crippen LogP contribution >= 0.6 is 11.8 Å². The first kappa shape index (κ1) is 16.5. The number of hydrogen-bond donors (Lipinski definition) is 1. The van der Waals surface area contributed by atoms with Gasteiger partial charge in [-0.3, -0.25) is 4.79 Å². The minimum Gasteiger partial charge on any atom is -0.411 e. The Morgan fingerprint density at radius 2 is 2.00 bits per heavy atom. The Morgan fingerprint density at radius 3 is 2.71 bits per heavy atom. The molecule has 1 aromatic heterocycles. The van der Waals surface area contributed by atoms with Gasteiger partial charge in [0.25, 0.3) is 5.22 Å². The monoisotopic (exact) mass is 342 g/mol. The van der Waals surface area contributed by atoms with Gasteiger partial charge in [0, 0.05) is 5.56 Å². The summed E-state index contributed by atoms with van der Waals surface area (Å²) in [6.07, 6.45) is 4.52. The van der Waals surface area contributed by atoms with E-state index < -0.39 is 5.54 Å². The molecular formula is C17H18N4O2S. The third-order valence-electron chi connectivity index (χ3n) is 4.05. The van der Waals surface area contributed by atoms with E-state index in [9.17, 15) is 10.1 Å². The highest BCUT2D eigenvalue weighted by molar-refractivity contribution is 7.99. The maximum absolute atomic E-state index is 12.2. The number of thioether (sulfide) groups is 1. The second-order valence-corrected chi connectivity index (χ2v) is 6.76. The molecule has 0 saturated heterocycles. The molecule has 1 saturated carbocycles. The first-order valence-electron chi connectivity index (χ1n) is 7.95. The summed E-state index contributed by atoms with van der Waals surface area (Å²) >= 11 is 1.18. The molecule has 0 atom stereocenters. The van der Waals surface area contributed by atoms with Crippen LogP contribution in [0.5, 0.6) is 0 Å². The molecule has 0 aliphatic heterocycles. The Balaban J connectivity index is 1.55. The van der Waals surface area contributed by atoms with E-state index >= 15 is 0 Å². The molecule has 7 heteroatoms. The van der Waals surface area contributed by atoms with Gasteiger partial charge in [-0.25, -0.2) is 0 Å². The normalized spacial score (nSPS) is 16.3. The van der Waals surface area contributed by atoms with Crippen LogP contribution in [0, 0.1) is 11.3 Å². The summed E-state index contributed by atoms with van der Waals surface area (Å²) in [7, 11) is 0. The van der Waals surface area contributed by atoms with Crippen molar-refractivity contribution in [3.8, 4) is 17.5 Å². The Labute approximate surface area is 144 Å². The van der Waals surface area contributed by atoms with Crippen LogP contribution < -0.4 is 5.32 Å². The molecule has 1 aliphatic rings. The predicted octanol–water partition coefficient (Wildman–Crippen LogP) is 3.17. The van der Waals surface area contributed by atoms with Gasteiger partial charge in [0.2, 0.25) is 11.8 Å². The Bertz CT molecular complexity index is 733. The molecule has 1 N–H and O–H groups in total. The summed E-state index contributed by atoms with van der Waals surface area (Å²) in [5.41, 5.74) is 0.131. The second kappa shape index (κ2) is 7.49. The van der Waals surface area contributed by atoms with Crippen LogP contribution in [0.2, 0.25) is 0 Å². The van der Waals surface area contributed by atoms with Crippen LogP contribution in [-0.4, -0.2) is 27.4 Å². The second-order valence-electron chi connectivity index (χ2n) is 5.83. The summed E-state index contributed by atoms with van der Waals surface area (Å²) in [5.74, 6) is 0.405. The van der Waals surface area contributed by atoms with Crippen molar-refractivity contribution in [2.75, 3.05) is 5.75 Å². The molecule has 124 valence electrons. The van der Waals surface area contributed by atoms with Gasteiger partial charge in [0.05, 0.1) is 11.8 Å². The molecule has 1 heterocycles. The standard InChI is InChI=1S/C17H18N4O2S/c18-12-17(9-5-2-6-10-17)19-14(22)11-24-16-21-20-15(23-16)13-7-3-1-4-8-13/h1,3-4,7-8H,2,5-6,9-11H2,(H,19,22). The molecule has 1 amide bonds. The highest BCUT2D eigenvalue weighted by Crippen LogP contribution is 2.28. The van der Waals surface area contributed by atoms with Crippen LogP contribution in [0.3, 0.4) is 0 Å². The molecular weight excluding hydrogens is 324 g/mol. The molecule has 24 heavy (non-hydrogen) atoms. The lowest BCUT2D eigenvalue weighted by Crippen LogP contribution is -2.49. The van der Waals surface area contributed by atoms with E-state index in [-0.39, 0.29) is 11.7 Å². The van der Waals surface area contributed by atoms with Crippen LogP contribution in [-0.2, 0) is 4.79 Å². The molecule has 0 spiro atoms. The van der Waals surface area contributed by atoms with Crippen LogP contribution in [0.15, 0.2) is 40.0 Å². The average Bonchev–Trinajstić information content (AvgIpc) is 3.11. The Kier molecular flexibility index (Phi) is 5.16. The van der Waals surface area contributed by atoms with Crippen molar-refractivity contribution in [3.05, 3.63) is 30.3 Å². The van der Waals surface area contributed by atoms with Gasteiger partial charge in [0.1, 0.15) is 5.54 Å². The van der Waals surface area contributed by atoms with Crippen molar-refractivity contribution in [2.24, 2.45) is 0 Å². The van der Waals surface area contributed by atoms with Crippen molar-refractivity contribution in [3.63, 3.8) is 0 Å². The zero-order valence-corrected chi connectivity index (χ0v) is 14.0. The fourth-order valence-corrected chi connectivity index (χ4v) is 3.38. The lowest BCUT2D eigenvalue weighted by atomic mass is 9.83. The maximum Gasteiger partial charge on any atom is 0.277 e. The zero-order chi connectivity index (χ0) is 16.8. The maximum atomic E-state index is 12.2. The van der Waals surface area contributed by atoms with Gasteiger partial charge >= 0.3 is 0 Å². The molecule has 0 radical (unpaired) electrons. The fourth-order valence-electron chi connectivity index (χ4n) is 2.82. The molecule has 1 aliphatic carbocycles. The topological polar surface area (TPSA) is 91.8 Å². The van der Waals surface area contributed by atoms with E-state index in [0.717, 1.165) is 37.7 Å². The first-order chi connectivity index (χ1) is 11.7. The van der Waals surface area contributed by atoms with Crippen LogP contribution in [0.25, 0.3) is 11.5 Å². The Hall–Kier alpha value is -2.33. The smallest absolute Gasteiger partial charge is 0.277 e. The van der Waals surface area contributed by atoms with E-state index in [0.29, 0.717) is 11.1 Å². The number of carbonyl (C=O) groups excluding carboxylic acids is 1. The lowest BCUT2D eigenvalue weighted by molar-refractivity contribution is -0.120. The fraction of sp³-hybridized carbons (Fsp3) is 0.412. The SMILES string of the molecule is N#CC1(NC(=O)CSc2nnc(-c3ccccc3)o2)CCCCC1. The number of aromatic nitrogens is 2. The van der Waals surface area contributed by atoms with Gasteiger partial charge in [-0.1, -0.05) is 49.2 Å². The average molecular weight is 342 g/mol. The molecule has 2 aromatic rings. The molecule has 6 nitrogen and oxygen atoms in total. The number of nitriles is 1. The summed E-state index contributed by atoms with van der Waals surface area (Å²) in [6.45, 7) is 0. The number of nitrogens with one attached hydrogen (secondary N) is 1. The van der Waals surface area contributed by atoms with Crippen molar-refractivity contribution in [1.29, 1.82) is 5.26 Å². The van der Waals surface area contributed by atoms with E-state index in [2.05, 4.69) is 21.6 Å². The predicted molar refractivity (Wildman–Crippen MR) is 90.0 cm³/mol. The number of rotatable bonds is 5. The Morgan fingerprint density at radius 1 is 1.25 bits per heavy atom. The van der Waals surface area contributed by atoms with Gasteiger partial charge < -0.3 is 9.73 Å². The van der Waals surface area contributed by atoms with Gasteiger partial charge in [0.15, 0.2) is 0 Å². The molecule has 1 aromatic carbocycles. The molecule has 3 rings (SSSR count). The molecule has 0 bridgehead atoms. The zero-order valence-electron chi connectivity index (χ0n) is 13.2. The third-order valence-corrected chi connectivity index (χ3v) is 4.87. The van der Waals surface area contributed by atoms with E-state index in [1.54, 1.807) is 0 Å². The van der Waals surface area contributed by atoms with Gasteiger partial charge in [-0.05, 0) is 25.0 Å². The van der Waals surface area contributed by atoms with Crippen molar-refractivity contribution < 1.29 is 9.21 Å². The third kappa shape index (κ3) is 3.95. The van der Waals surface area contributed by atoms with Gasteiger partial charge in [-0.15, -0.1) is 10.2 Å². The summed E-state index contributed by atoms with van der Waals surface area (Å²) in [5, 5.41) is 20.6. The number of amides is 1. The van der Waals surface area contributed by atoms with E-state index in [1.807, 2.05) is 30.3 Å². The highest BCUT2D eigenvalue weighted by atomic mass is 32.2.